The van der Waals surface area contributed by atoms with Crippen LogP contribution in [0.15, 0.2) is 54.3 Å². The molecule has 1 fully saturated rings. The number of hydrogen-bond acceptors (Lipinski definition) is 3. The van der Waals surface area contributed by atoms with E-state index in [1.54, 1.807) is 0 Å². The summed E-state index contributed by atoms with van der Waals surface area (Å²) in [5.41, 5.74) is 2.07. The Balaban J connectivity index is 1.43. The van der Waals surface area contributed by atoms with E-state index < -0.39 is 0 Å². The maximum atomic E-state index is 4.90. The molecule has 3 aromatic rings. The van der Waals surface area contributed by atoms with Gasteiger partial charge < -0.3 is 19.2 Å². The summed E-state index contributed by atoms with van der Waals surface area (Å²) in [5.74, 6) is 1.63. The van der Waals surface area contributed by atoms with Crippen molar-refractivity contribution in [2.75, 3.05) is 26.2 Å². The van der Waals surface area contributed by atoms with Gasteiger partial charge in [0.2, 0.25) is 0 Å². The van der Waals surface area contributed by atoms with E-state index in [0.717, 1.165) is 56.3 Å². The molecular weight excluding hydrogens is 350 g/mol. The highest BCUT2D eigenvalue weighted by Crippen LogP contribution is 2.27. The molecule has 0 amide bonds. The fraction of sp³-hybridized carbons (Fsp3) is 0.476. The third kappa shape index (κ3) is 4.03. The number of rotatable bonds is 5. The van der Waals surface area contributed by atoms with Crippen LogP contribution >= 0.6 is 0 Å². The van der Waals surface area contributed by atoms with Crippen molar-refractivity contribution in [3.8, 4) is 0 Å². The van der Waals surface area contributed by atoms with Crippen molar-refractivity contribution in [2.24, 2.45) is 10.9 Å². The number of pyridine rings is 1. The molecule has 1 aliphatic heterocycles. The Labute approximate surface area is 166 Å². The second-order valence-corrected chi connectivity index (χ2v) is 7.47. The van der Waals surface area contributed by atoms with E-state index >= 15 is 0 Å². The Morgan fingerprint density at radius 3 is 3.04 bits per heavy atom. The van der Waals surface area contributed by atoms with Crippen LogP contribution in [0.2, 0.25) is 0 Å². The Kier molecular flexibility index (Phi) is 5.60. The van der Waals surface area contributed by atoms with Crippen LogP contribution in [0.1, 0.15) is 32.0 Å². The van der Waals surface area contributed by atoms with E-state index in [-0.39, 0.29) is 0 Å². The number of likely N-dealkylation sites (tertiary alicyclic amines) is 1. The van der Waals surface area contributed by atoms with E-state index in [2.05, 4.69) is 55.4 Å². The van der Waals surface area contributed by atoms with Crippen LogP contribution < -0.4 is 5.32 Å². The minimum atomic E-state index is 0.429. The lowest BCUT2D eigenvalue weighted by Crippen LogP contribution is -2.49. The maximum absolute atomic E-state index is 4.90. The summed E-state index contributed by atoms with van der Waals surface area (Å²) in [4.78, 5) is 16.2. The summed E-state index contributed by atoms with van der Waals surface area (Å²) in [6.07, 6.45) is 12.0. The molecule has 0 spiro atoms. The number of piperidine rings is 1. The topological polar surface area (TPSA) is 62.8 Å². The molecule has 2 atom stereocenters. The van der Waals surface area contributed by atoms with Crippen LogP contribution in [-0.2, 0) is 6.42 Å². The van der Waals surface area contributed by atoms with Crippen molar-refractivity contribution in [1.29, 1.82) is 0 Å². The lowest BCUT2D eigenvalue weighted by Gasteiger charge is -2.39. The highest BCUT2D eigenvalue weighted by molar-refractivity contribution is 5.80. The van der Waals surface area contributed by atoms with Crippen LogP contribution in [-0.4, -0.2) is 56.0 Å². The zero-order valence-electron chi connectivity index (χ0n) is 16.7. The first-order valence-electron chi connectivity index (χ1n) is 10.2. The van der Waals surface area contributed by atoms with Gasteiger partial charge in [-0.2, -0.15) is 0 Å². The van der Waals surface area contributed by atoms with Crippen LogP contribution in [0.5, 0.6) is 0 Å². The van der Waals surface area contributed by atoms with Crippen molar-refractivity contribution >= 4 is 11.6 Å². The fourth-order valence-electron chi connectivity index (χ4n) is 3.90. The first kappa shape index (κ1) is 18.5. The van der Waals surface area contributed by atoms with Crippen molar-refractivity contribution in [1.82, 2.24) is 29.2 Å². The first-order chi connectivity index (χ1) is 13.7. The van der Waals surface area contributed by atoms with Gasteiger partial charge in [-0.1, -0.05) is 13.0 Å². The Morgan fingerprint density at radius 1 is 1.32 bits per heavy atom. The number of aliphatic imine (C=N–C) groups is 1. The van der Waals surface area contributed by atoms with Gasteiger partial charge in [0.05, 0.1) is 18.1 Å². The molecule has 7 nitrogen and oxygen atoms in total. The molecule has 1 N–H and O–H groups in total. The van der Waals surface area contributed by atoms with Crippen LogP contribution in [0.25, 0.3) is 5.65 Å². The van der Waals surface area contributed by atoms with Crippen molar-refractivity contribution in [3.05, 3.63) is 55.0 Å². The number of hydrogen-bond donors (Lipinski definition) is 1. The quantitative estimate of drug-likeness (QED) is 0.547. The molecule has 2 unspecified atom stereocenters. The molecule has 1 aliphatic rings. The molecule has 0 aromatic carbocycles. The maximum Gasteiger partial charge on any atom is 0.193 e. The number of nitrogens with zero attached hydrogens (tertiary/aromatic N) is 6. The summed E-state index contributed by atoms with van der Waals surface area (Å²) in [5, 5.41) is 3.47. The largest absolute Gasteiger partial charge is 0.357 e. The molecule has 7 heteroatoms. The molecule has 4 heterocycles. The van der Waals surface area contributed by atoms with E-state index in [4.69, 9.17) is 4.99 Å². The van der Waals surface area contributed by atoms with Crippen LogP contribution in [0.4, 0.5) is 0 Å². The average Bonchev–Trinajstić information content (AvgIpc) is 3.37. The van der Waals surface area contributed by atoms with Gasteiger partial charge in [-0.25, -0.2) is 9.97 Å². The van der Waals surface area contributed by atoms with E-state index in [1.165, 1.54) is 0 Å². The van der Waals surface area contributed by atoms with Gasteiger partial charge in [0.15, 0.2) is 5.96 Å². The van der Waals surface area contributed by atoms with Gasteiger partial charge in [-0.15, -0.1) is 0 Å². The molecule has 0 bridgehead atoms. The molecule has 1 saturated heterocycles. The van der Waals surface area contributed by atoms with Gasteiger partial charge in [-0.05, 0) is 31.4 Å². The highest BCUT2D eigenvalue weighted by atomic mass is 15.3. The number of imidazole rings is 2. The zero-order chi connectivity index (χ0) is 19.3. The summed E-state index contributed by atoms with van der Waals surface area (Å²) in [6, 6.07) is 6.50. The van der Waals surface area contributed by atoms with E-state index in [9.17, 15) is 0 Å². The first-order valence-corrected chi connectivity index (χ1v) is 10.2. The standard InChI is InChI=1S/C21H29N7/c1-3-23-21(24-9-7-18-14-26-11-5-4-6-20(26)25-18)27-12-8-17(2)19(15-27)28-13-10-22-16-28/h4-6,10-11,13-14,16-17,19H,3,7-9,12,15H2,1-2H3,(H,23,24). The number of guanidine groups is 1. The predicted octanol–water partition coefficient (Wildman–Crippen LogP) is 2.62. The average molecular weight is 380 g/mol. The molecule has 0 saturated carbocycles. The molecular formula is C21H29N7. The van der Waals surface area contributed by atoms with Crippen molar-refractivity contribution in [2.45, 2.75) is 32.7 Å². The highest BCUT2D eigenvalue weighted by Gasteiger charge is 2.28. The third-order valence-electron chi connectivity index (χ3n) is 5.50. The minimum absolute atomic E-state index is 0.429. The van der Waals surface area contributed by atoms with E-state index in [1.807, 2.05) is 36.9 Å². The SMILES string of the molecule is CCNC(=NCCc1cn2ccccc2n1)N1CCC(C)C(n2ccnc2)C1. The number of fused-ring (bicyclic) bond motifs is 1. The molecule has 148 valence electrons. The molecule has 0 aliphatic carbocycles. The lowest BCUT2D eigenvalue weighted by molar-refractivity contribution is 0.189. The van der Waals surface area contributed by atoms with Gasteiger partial charge in [-0.3, -0.25) is 4.99 Å². The van der Waals surface area contributed by atoms with Crippen molar-refractivity contribution in [3.63, 3.8) is 0 Å². The zero-order valence-corrected chi connectivity index (χ0v) is 16.7. The summed E-state index contributed by atoms with van der Waals surface area (Å²) < 4.78 is 4.29. The van der Waals surface area contributed by atoms with Crippen molar-refractivity contribution < 1.29 is 0 Å². The molecule has 28 heavy (non-hydrogen) atoms. The lowest BCUT2D eigenvalue weighted by atomic mass is 9.93. The summed E-state index contributed by atoms with van der Waals surface area (Å²) in [6.45, 7) is 8.04. The Bertz CT molecular complexity index is 879. The van der Waals surface area contributed by atoms with Crippen LogP contribution in [0, 0.1) is 5.92 Å². The molecule has 0 radical (unpaired) electrons. The normalized spacial score (nSPS) is 20.6. The van der Waals surface area contributed by atoms with Crippen LogP contribution in [0.3, 0.4) is 0 Å². The number of nitrogens with one attached hydrogen (secondary N) is 1. The summed E-state index contributed by atoms with van der Waals surface area (Å²) >= 11 is 0. The van der Waals surface area contributed by atoms with E-state index in [0.29, 0.717) is 12.0 Å². The van der Waals surface area contributed by atoms with Gasteiger partial charge >= 0.3 is 0 Å². The fourth-order valence-corrected chi connectivity index (χ4v) is 3.90. The van der Waals surface area contributed by atoms with Gasteiger partial charge in [0, 0.05) is 57.4 Å². The third-order valence-corrected chi connectivity index (χ3v) is 5.50. The Morgan fingerprint density at radius 2 is 2.25 bits per heavy atom. The smallest absolute Gasteiger partial charge is 0.193 e. The monoisotopic (exact) mass is 379 g/mol. The Hall–Kier alpha value is -2.83. The van der Waals surface area contributed by atoms with Gasteiger partial charge in [0.1, 0.15) is 5.65 Å². The second-order valence-electron chi connectivity index (χ2n) is 7.47. The molecule has 3 aromatic heterocycles. The van der Waals surface area contributed by atoms with Gasteiger partial charge in [0.25, 0.3) is 0 Å². The number of aromatic nitrogens is 4. The molecule has 4 rings (SSSR count). The predicted molar refractivity (Wildman–Crippen MR) is 111 cm³/mol. The second kappa shape index (κ2) is 8.46. The summed E-state index contributed by atoms with van der Waals surface area (Å²) in [7, 11) is 0. The minimum Gasteiger partial charge on any atom is -0.357 e.